The number of furan rings is 1. The highest BCUT2D eigenvalue weighted by atomic mass is 16.5. The van der Waals surface area contributed by atoms with Gasteiger partial charge in [0.2, 0.25) is 5.91 Å². The zero-order chi connectivity index (χ0) is 23.6. The van der Waals surface area contributed by atoms with Gasteiger partial charge in [0, 0.05) is 19.6 Å². The van der Waals surface area contributed by atoms with Crippen molar-refractivity contribution >= 4 is 17.8 Å². The molecule has 2 unspecified atom stereocenters. The van der Waals surface area contributed by atoms with Gasteiger partial charge in [-0.15, -0.1) is 0 Å². The number of ether oxygens (including phenoxy) is 1. The zero-order valence-electron chi connectivity index (χ0n) is 19.2. The van der Waals surface area contributed by atoms with E-state index in [1.165, 1.54) is 0 Å². The average molecular weight is 455 g/mol. The third-order valence-electron chi connectivity index (χ3n) is 6.27. The summed E-state index contributed by atoms with van der Waals surface area (Å²) in [6.07, 6.45) is 0. The average Bonchev–Trinajstić information content (AvgIpc) is 3.32. The fourth-order valence-electron chi connectivity index (χ4n) is 4.26. The number of nitrogens with one attached hydrogen (secondary N) is 2. The van der Waals surface area contributed by atoms with Crippen molar-refractivity contribution < 1.29 is 23.5 Å². The van der Waals surface area contributed by atoms with E-state index in [0.717, 1.165) is 35.1 Å². The third-order valence-corrected chi connectivity index (χ3v) is 6.27. The normalized spacial score (nSPS) is 22.3. The lowest BCUT2D eigenvalue weighted by Crippen LogP contribution is -2.46. The molecule has 2 aromatic rings. The van der Waals surface area contributed by atoms with Crippen molar-refractivity contribution in [1.29, 1.82) is 0 Å². The number of nitrogens with zero attached hydrogens (tertiary/aromatic N) is 2. The molecular weight excluding hydrogens is 424 g/mol. The smallest absolute Gasteiger partial charge is 0.325 e. The molecule has 2 N–H and O–H groups in total. The fourth-order valence-corrected chi connectivity index (χ4v) is 4.26. The van der Waals surface area contributed by atoms with Gasteiger partial charge in [-0.1, -0.05) is 29.8 Å². The molecule has 4 amide bonds. The summed E-state index contributed by atoms with van der Waals surface area (Å²) in [7, 11) is 0. The van der Waals surface area contributed by atoms with Crippen LogP contribution < -0.4 is 10.6 Å². The number of hydrogen-bond donors (Lipinski definition) is 2. The SMILES string of the molecule is Cc1ccc(C2(C)NC(=O)N(CC(=O)NCC(c3ccc(C)o3)N3CCOCC3)C2=O)cc1. The second-order valence-electron chi connectivity index (χ2n) is 8.73. The maximum absolute atomic E-state index is 13.1. The number of rotatable bonds is 7. The second-order valence-corrected chi connectivity index (χ2v) is 8.73. The molecule has 2 aliphatic rings. The lowest BCUT2D eigenvalue weighted by atomic mass is 9.91. The van der Waals surface area contributed by atoms with Gasteiger partial charge in [0.15, 0.2) is 0 Å². The van der Waals surface area contributed by atoms with Crippen LogP contribution in [0.25, 0.3) is 0 Å². The van der Waals surface area contributed by atoms with Crippen LogP contribution in [0.3, 0.4) is 0 Å². The molecule has 33 heavy (non-hydrogen) atoms. The fraction of sp³-hybridized carbons (Fsp3) is 0.458. The van der Waals surface area contributed by atoms with Crippen LogP contribution in [0.5, 0.6) is 0 Å². The predicted octanol–water partition coefficient (Wildman–Crippen LogP) is 1.85. The number of aryl methyl sites for hydroxylation is 2. The molecule has 0 radical (unpaired) electrons. The van der Waals surface area contributed by atoms with Gasteiger partial charge in [-0.3, -0.25) is 19.4 Å². The van der Waals surface area contributed by atoms with E-state index >= 15 is 0 Å². The van der Waals surface area contributed by atoms with E-state index in [4.69, 9.17) is 9.15 Å². The Morgan fingerprint density at radius 1 is 1.12 bits per heavy atom. The zero-order valence-corrected chi connectivity index (χ0v) is 19.2. The number of carbonyl (C=O) groups is 3. The molecule has 176 valence electrons. The van der Waals surface area contributed by atoms with Gasteiger partial charge in [-0.05, 0) is 38.5 Å². The molecule has 1 aromatic carbocycles. The quantitative estimate of drug-likeness (QED) is 0.619. The van der Waals surface area contributed by atoms with Gasteiger partial charge in [0.25, 0.3) is 5.91 Å². The minimum Gasteiger partial charge on any atom is -0.465 e. The number of amides is 4. The number of morpholine rings is 1. The first-order chi connectivity index (χ1) is 15.8. The molecular formula is C24H30N4O5. The van der Waals surface area contributed by atoms with Crippen molar-refractivity contribution in [3.8, 4) is 0 Å². The molecule has 2 atom stereocenters. The lowest BCUT2D eigenvalue weighted by molar-refractivity contribution is -0.134. The molecule has 0 bridgehead atoms. The molecule has 9 nitrogen and oxygen atoms in total. The Morgan fingerprint density at radius 3 is 2.45 bits per heavy atom. The molecule has 0 aliphatic carbocycles. The Kier molecular flexibility index (Phi) is 6.53. The summed E-state index contributed by atoms with van der Waals surface area (Å²) in [6.45, 7) is 8.11. The van der Waals surface area contributed by atoms with Gasteiger partial charge in [0.05, 0.1) is 19.3 Å². The van der Waals surface area contributed by atoms with Crippen LogP contribution in [0.15, 0.2) is 40.8 Å². The molecule has 0 saturated carbocycles. The van der Waals surface area contributed by atoms with E-state index in [2.05, 4.69) is 15.5 Å². The second kappa shape index (κ2) is 9.36. The first-order valence-electron chi connectivity index (χ1n) is 11.1. The molecule has 2 saturated heterocycles. The summed E-state index contributed by atoms with van der Waals surface area (Å²) in [5, 5.41) is 5.61. The van der Waals surface area contributed by atoms with E-state index < -0.39 is 23.4 Å². The Bertz CT molecular complexity index is 1030. The highest BCUT2D eigenvalue weighted by Crippen LogP contribution is 2.29. The van der Waals surface area contributed by atoms with E-state index in [0.29, 0.717) is 25.3 Å². The molecule has 2 aliphatic heterocycles. The number of urea groups is 1. The monoisotopic (exact) mass is 454 g/mol. The molecule has 1 aromatic heterocycles. The predicted molar refractivity (Wildman–Crippen MR) is 120 cm³/mol. The van der Waals surface area contributed by atoms with Gasteiger partial charge >= 0.3 is 6.03 Å². The van der Waals surface area contributed by atoms with Crippen molar-refractivity contribution in [3.63, 3.8) is 0 Å². The van der Waals surface area contributed by atoms with Crippen molar-refractivity contribution in [1.82, 2.24) is 20.4 Å². The minimum absolute atomic E-state index is 0.160. The maximum atomic E-state index is 13.1. The first kappa shape index (κ1) is 23.0. The third kappa shape index (κ3) is 4.79. The van der Waals surface area contributed by atoms with Crippen molar-refractivity contribution in [2.75, 3.05) is 39.4 Å². The van der Waals surface area contributed by atoms with E-state index in [9.17, 15) is 14.4 Å². The van der Waals surface area contributed by atoms with Crippen LogP contribution in [-0.4, -0.2) is 67.0 Å². The van der Waals surface area contributed by atoms with Crippen molar-refractivity contribution in [2.45, 2.75) is 32.4 Å². The summed E-state index contributed by atoms with van der Waals surface area (Å²) < 4.78 is 11.3. The van der Waals surface area contributed by atoms with Crippen LogP contribution in [0.1, 0.15) is 35.6 Å². The van der Waals surface area contributed by atoms with Crippen LogP contribution in [-0.2, 0) is 19.9 Å². The number of imide groups is 1. The highest BCUT2D eigenvalue weighted by molar-refractivity contribution is 6.09. The van der Waals surface area contributed by atoms with Crippen LogP contribution in [0, 0.1) is 13.8 Å². The maximum Gasteiger partial charge on any atom is 0.325 e. The summed E-state index contributed by atoms with van der Waals surface area (Å²) in [6, 6.07) is 10.5. The molecule has 4 rings (SSSR count). The van der Waals surface area contributed by atoms with Crippen LogP contribution in [0.4, 0.5) is 4.79 Å². The number of carbonyl (C=O) groups excluding carboxylic acids is 3. The minimum atomic E-state index is -1.20. The molecule has 9 heteroatoms. The van der Waals surface area contributed by atoms with Crippen LogP contribution in [0.2, 0.25) is 0 Å². The summed E-state index contributed by atoms with van der Waals surface area (Å²) in [5.41, 5.74) is 0.527. The lowest BCUT2D eigenvalue weighted by Gasteiger charge is -2.33. The van der Waals surface area contributed by atoms with Gasteiger partial charge < -0.3 is 19.8 Å². The van der Waals surface area contributed by atoms with E-state index in [1.54, 1.807) is 6.92 Å². The summed E-state index contributed by atoms with van der Waals surface area (Å²) in [5.74, 6) is 0.701. The Hall–Kier alpha value is -3.17. The molecule has 0 spiro atoms. The van der Waals surface area contributed by atoms with Gasteiger partial charge in [-0.25, -0.2) is 4.79 Å². The highest BCUT2D eigenvalue weighted by Gasteiger charge is 2.49. The molecule has 2 fully saturated rings. The van der Waals surface area contributed by atoms with E-state index in [-0.39, 0.29) is 12.6 Å². The van der Waals surface area contributed by atoms with Gasteiger partial charge in [0.1, 0.15) is 23.6 Å². The molecule has 3 heterocycles. The van der Waals surface area contributed by atoms with Gasteiger partial charge in [-0.2, -0.15) is 0 Å². The van der Waals surface area contributed by atoms with E-state index in [1.807, 2.05) is 50.2 Å². The number of benzene rings is 1. The summed E-state index contributed by atoms with van der Waals surface area (Å²) >= 11 is 0. The van der Waals surface area contributed by atoms with Crippen LogP contribution >= 0.6 is 0 Å². The Labute approximate surface area is 193 Å². The Balaban J connectivity index is 1.41. The standard InChI is InChI=1S/C24H30N4O5/c1-16-4-7-18(8-5-16)24(3)22(30)28(23(31)26-24)15-21(29)25-14-19(20-9-6-17(2)33-20)27-10-12-32-13-11-27/h4-9,19H,10-15H2,1-3H3,(H,25,29)(H,26,31). The topological polar surface area (TPSA) is 104 Å². The Morgan fingerprint density at radius 2 is 1.82 bits per heavy atom. The number of hydrogen-bond acceptors (Lipinski definition) is 6. The van der Waals surface area contributed by atoms with Crippen molar-refractivity contribution in [2.24, 2.45) is 0 Å². The first-order valence-corrected chi connectivity index (χ1v) is 11.1. The largest absolute Gasteiger partial charge is 0.465 e. The van der Waals surface area contributed by atoms with Crippen molar-refractivity contribution in [3.05, 3.63) is 59.0 Å². The summed E-state index contributed by atoms with van der Waals surface area (Å²) in [4.78, 5) is 41.6.